The molecule has 0 spiro atoms. The molecule has 1 N–H and O–H groups in total. The average molecular weight is 271 g/mol. The van der Waals surface area contributed by atoms with E-state index in [4.69, 9.17) is 0 Å². The molecule has 2 heterocycles. The van der Waals surface area contributed by atoms with Gasteiger partial charge < -0.3 is 5.11 Å². The molecule has 0 aliphatic carbocycles. The molecule has 2 rings (SSSR count). The third-order valence-corrected chi connectivity index (χ3v) is 2.73. The van der Waals surface area contributed by atoms with E-state index in [9.17, 15) is 18.3 Å². The Balaban J connectivity index is 2.19. The second kappa shape index (κ2) is 4.65. The van der Waals surface area contributed by atoms with Gasteiger partial charge in [0.15, 0.2) is 5.60 Å². The van der Waals surface area contributed by atoms with Crippen molar-refractivity contribution in [3.63, 3.8) is 0 Å². The van der Waals surface area contributed by atoms with Crippen LogP contribution in [-0.4, -0.2) is 31.6 Å². The Labute approximate surface area is 107 Å². The summed E-state index contributed by atoms with van der Waals surface area (Å²) in [6.45, 7) is 0.0718. The van der Waals surface area contributed by atoms with Crippen LogP contribution < -0.4 is 0 Å². The highest BCUT2D eigenvalue weighted by molar-refractivity contribution is 5.60. The molecule has 102 valence electrons. The SMILES string of the molecule is CC(O)(Cn1cc(-c2ccncc2)cn1)C(F)(F)F. The molecule has 1 atom stereocenters. The Hall–Kier alpha value is -1.89. The highest BCUT2D eigenvalue weighted by Gasteiger charge is 2.50. The highest BCUT2D eigenvalue weighted by atomic mass is 19.4. The van der Waals surface area contributed by atoms with E-state index >= 15 is 0 Å². The van der Waals surface area contributed by atoms with Crippen molar-refractivity contribution in [2.45, 2.75) is 25.2 Å². The Kier molecular flexibility index (Phi) is 3.32. The maximum Gasteiger partial charge on any atom is 0.418 e. The molecule has 2 aromatic rings. The Morgan fingerprint density at radius 3 is 2.42 bits per heavy atom. The van der Waals surface area contributed by atoms with Crippen molar-refractivity contribution in [1.29, 1.82) is 0 Å². The minimum atomic E-state index is -4.70. The largest absolute Gasteiger partial charge is 0.418 e. The number of pyridine rings is 1. The minimum absolute atomic E-state index is 0.651. The van der Waals surface area contributed by atoms with Gasteiger partial charge in [0.25, 0.3) is 0 Å². The third kappa shape index (κ3) is 2.93. The summed E-state index contributed by atoms with van der Waals surface area (Å²) >= 11 is 0. The first-order chi connectivity index (χ1) is 8.79. The summed E-state index contributed by atoms with van der Waals surface area (Å²) in [6.07, 6.45) is 1.37. The first kappa shape index (κ1) is 13.5. The quantitative estimate of drug-likeness (QED) is 0.931. The molecule has 19 heavy (non-hydrogen) atoms. The van der Waals surface area contributed by atoms with Crippen LogP contribution in [0.2, 0.25) is 0 Å². The van der Waals surface area contributed by atoms with E-state index < -0.39 is 18.3 Å². The van der Waals surface area contributed by atoms with Gasteiger partial charge in [0.1, 0.15) is 0 Å². The number of alkyl halides is 3. The van der Waals surface area contributed by atoms with Crippen molar-refractivity contribution in [2.24, 2.45) is 0 Å². The fourth-order valence-electron chi connectivity index (χ4n) is 1.55. The second-order valence-electron chi connectivity index (χ2n) is 4.43. The van der Waals surface area contributed by atoms with Gasteiger partial charge in [-0.25, -0.2) is 0 Å². The van der Waals surface area contributed by atoms with E-state index in [0.29, 0.717) is 5.56 Å². The predicted molar refractivity (Wildman–Crippen MR) is 62.1 cm³/mol. The summed E-state index contributed by atoms with van der Waals surface area (Å²) in [7, 11) is 0. The lowest BCUT2D eigenvalue weighted by atomic mass is 10.1. The lowest BCUT2D eigenvalue weighted by Gasteiger charge is -2.25. The molecule has 0 bridgehead atoms. The number of hydrogen-bond acceptors (Lipinski definition) is 3. The molecule has 0 aliphatic heterocycles. The zero-order valence-corrected chi connectivity index (χ0v) is 10.1. The topological polar surface area (TPSA) is 50.9 Å². The summed E-state index contributed by atoms with van der Waals surface area (Å²) in [5.74, 6) is 0. The van der Waals surface area contributed by atoms with E-state index in [-0.39, 0.29) is 0 Å². The maximum atomic E-state index is 12.5. The van der Waals surface area contributed by atoms with Gasteiger partial charge in [-0.2, -0.15) is 18.3 Å². The maximum absolute atomic E-state index is 12.5. The lowest BCUT2D eigenvalue weighted by molar-refractivity contribution is -0.258. The van der Waals surface area contributed by atoms with Gasteiger partial charge in [-0.1, -0.05) is 0 Å². The summed E-state index contributed by atoms with van der Waals surface area (Å²) in [4.78, 5) is 3.85. The third-order valence-electron chi connectivity index (χ3n) is 2.73. The van der Waals surface area contributed by atoms with Crippen LogP contribution >= 0.6 is 0 Å². The van der Waals surface area contributed by atoms with Crippen molar-refractivity contribution in [3.8, 4) is 11.1 Å². The molecule has 0 saturated carbocycles. The van der Waals surface area contributed by atoms with Crippen molar-refractivity contribution >= 4 is 0 Å². The summed E-state index contributed by atoms with van der Waals surface area (Å²) < 4.78 is 38.7. The van der Waals surface area contributed by atoms with E-state index in [1.54, 1.807) is 24.5 Å². The monoisotopic (exact) mass is 271 g/mol. The smallest absolute Gasteiger partial charge is 0.379 e. The molecule has 0 aromatic carbocycles. The number of rotatable bonds is 3. The Morgan fingerprint density at radius 2 is 1.84 bits per heavy atom. The molecular formula is C12H12F3N3O. The zero-order chi connectivity index (χ0) is 14.1. The van der Waals surface area contributed by atoms with Gasteiger partial charge in [0.2, 0.25) is 0 Å². The van der Waals surface area contributed by atoms with Crippen molar-refractivity contribution < 1.29 is 18.3 Å². The van der Waals surface area contributed by atoms with Crippen LogP contribution in [0, 0.1) is 0 Å². The van der Waals surface area contributed by atoms with Crippen LogP contribution in [-0.2, 0) is 6.54 Å². The van der Waals surface area contributed by atoms with Crippen LogP contribution in [0.15, 0.2) is 36.9 Å². The molecule has 0 aliphatic rings. The van der Waals surface area contributed by atoms with E-state index in [2.05, 4.69) is 10.1 Å². The number of aliphatic hydroxyl groups is 1. The molecule has 1 unspecified atom stereocenters. The van der Waals surface area contributed by atoms with Gasteiger partial charge in [-0.15, -0.1) is 0 Å². The number of aromatic nitrogens is 3. The first-order valence-electron chi connectivity index (χ1n) is 5.51. The molecule has 0 saturated heterocycles. The van der Waals surface area contributed by atoms with E-state index in [0.717, 1.165) is 17.2 Å². The van der Waals surface area contributed by atoms with Crippen molar-refractivity contribution in [1.82, 2.24) is 14.8 Å². The summed E-state index contributed by atoms with van der Waals surface area (Å²) in [6, 6.07) is 3.45. The molecule has 0 radical (unpaired) electrons. The standard InChI is InChI=1S/C12H12F3N3O/c1-11(19,12(13,14)15)8-18-7-10(6-17-18)9-2-4-16-5-3-9/h2-7,19H,8H2,1H3. The lowest BCUT2D eigenvalue weighted by Crippen LogP contribution is -2.45. The van der Waals surface area contributed by atoms with E-state index in [1.807, 2.05) is 0 Å². The minimum Gasteiger partial charge on any atom is -0.379 e. The zero-order valence-electron chi connectivity index (χ0n) is 10.1. The van der Waals surface area contributed by atoms with Crippen molar-refractivity contribution in [3.05, 3.63) is 36.9 Å². The normalized spacial score (nSPS) is 15.2. The van der Waals surface area contributed by atoms with Crippen LogP contribution in [0.5, 0.6) is 0 Å². The number of nitrogens with zero attached hydrogens (tertiary/aromatic N) is 3. The Morgan fingerprint density at radius 1 is 1.21 bits per heavy atom. The van der Waals surface area contributed by atoms with Crippen LogP contribution in [0.3, 0.4) is 0 Å². The fraction of sp³-hybridized carbons (Fsp3) is 0.333. The predicted octanol–water partition coefficient (Wildman–Crippen LogP) is 2.26. The molecular weight excluding hydrogens is 259 g/mol. The van der Waals surface area contributed by atoms with Gasteiger partial charge in [-0.05, 0) is 24.6 Å². The van der Waals surface area contributed by atoms with Crippen molar-refractivity contribution in [2.75, 3.05) is 0 Å². The molecule has 0 amide bonds. The van der Waals surface area contributed by atoms with Gasteiger partial charge in [0.05, 0.1) is 12.7 Å². The molecule has 2 aromatic heterocycles. The van der Waals surface area contributed by atoms with Gasteiger partial charge in [-0.3, -0.25) is 9.67 Å². The van der Waals surface area contributed by atoms with E-state index in [1.165, 1.54) is 12.4 Å². The second-order valence-corrected chi connectivity index (χ2v) is 4.43. The number of hydrogen-bond donors (Lipinski definition) is 1. The summed E-state index contributed by atoms with van der Waals surface area (Å²) in [5.41, 5.74) is -1.34. The highest BCUT2D eigenvalue weighted by Crippen LogP contribution is 2.31. The van der Waals surface area contributed by atoms with Gasteiger partial charge in [0, 0.05) is 24.2 Å². The van der Waals surface area contributed by atoms with Gasteiger partial charge >= 0.3 is 6.18 Å². The first-order valence-corrected chi connectivity index (χ1v) is 5.51. The summed E-state index contributed by atoms with van der Waals surface area (Å²) in [5, 5.41) is 13.2. The van der Waals surface area contributed by atoms with Crippen LogP contribution in [0.1, 0.15) is 6.92 Å². The fourth-order valence-corrected chi connectivity index (χ4v) is 1.55. The molecule has 7 heteroatoms. The average Bonchev–Trinajstić information content (AvgIpc) is 2.76. The Bertz CT molecular complexity index is 549. The van der Waals surface area contributed by atoms with Crippen LogP contribution in [0.25, 0.3) is 11.1 Å². The molecule has 0 fully saturated rings. The molecule has 4 nitrogen and oxygen atoms in total. The van der Waals surface area contributed by atoms with Crippen LogP contribution in [0.4, 0.5) is 13.2 Å². The number of halogens is 3.